The highest BCUT2D eigenvalue weighted by Gasteiger charge is 2.44. The minimum Gasteiger partial charge on any atom is -0.394 e. The molecule has 3 heterocycles. The van der Waals surface area contributed by atoms with Gasteiger partial charge >= 0.3 is 0 Å². The van der Waals surface area contributed by atoms with Gasteiger partial charge in [-0.05, 0) is 48.8 Å². The van der Waals surface area contributed by atoms with Gasteiger partial charge in [0.15, 0.2) is 17.7 Å². The minimum atomic E-state index is -1.24. The summed E-state index contributed by atoms with van der Waals surface area (Å²) in [5.41, 5.74) is 11.0. The normalized spacial score (nSPS) is 25.2. The summed E-state index contributed by atoms with van der Waals surface area (Å²) < 4.78 is 7.11. The van der Waals surface area contributed by atoms with Crippen molar-refractivity contribution < 1.29 is 20.1 Å². The number of nitrogens with zero attached hydrogens (tertiary/aromatic N) is 4. The first-order valence-electron chi connectivity index (χ1n) is 11.0. The van der Waals surface area contributed by atoms with Crippen molar-refractivity contribution in [3.63, 3.8) is 0 Å². The third-order valence-electron chi connectivity index (χ3n) is 6.35. The molecule has 0 bridgehead atoms. The molecule has 1 fully saturated rings. The number of aromatic nitrogens is 4. The molecular weight excluding hydrogens is 412 g/mol. The molecule has 6 N–H and O–H groups in total. The van der Waals surface area contributed by atoms with Gasteiger partial charge in [-0.3, -0.25) is 4.57 Å². The first-order valence-corrected chi connectivity index (χ1v) is 11.0. The first-order chi connectivity index (χ1) is 15.5. The van der Waals surface area contributed by atoms with E-state index in [1.165, 1.54) is 46.8 Å². The summed E-state index contributed by atoms with van der Waals surface area (Å²) in [6.45, 7) is 0.222. The Morgan fingerprint density at radius 1 is 1.12 bits per heavy atom. The molecule has 32 heavy (non-hydrogen) atoms. The lowest BCUT2D eigenvalue weighted by atomic mass is 9.90. The van der Waals surface area contributed by atoms with E-state index in [-0.39, 0.29) is 5.82 Å². The second-order valence-electron chi connectivity index (χ2n) is 8.47. The Bertz CT molecular complexity index is 1120. The van der Waals surface area contributed by atoms with Gasteiger partial charge in [-0.15, -0.1) is 0 Å². The van der Waals surface area contributed by atoms with Gasteiger partial charge in [0, 0.05) is 6.54 Å². The molecule has 10 heteroatoms. The molecule has 0 saturated carbocycles. The van der Waals surface area contributed by atoms with Crippen LogP contribution in [0.1, 0.15) is 35.8 Å². The molecular formula is C22H28N6O4. The number of rotatable bonds is 6. The van der Waals surface area contributed by atoms with E-state index in [2.05, 4.69) is 38.5 Å². The van der Waals surface area contributed by atoms with E-state index in [0.29, 0.717) is 23.7 Å². The maximum absolute atomic E-state index is 10.4. The maximum Gasteiger partial charge on any atom is 0.226 e. The van der Waals surface area contributed by atoms with Gasteiger partial charge in [0.2, 0.25) is 5.95 Å². The van der Waals surface area contributed by atoms with Crippen LogP contribution in [0, 0.1) is 0 Å². The van der Waals surface area contributed by atoms with Crippen LogP contribution in [0.4, 0.5) is 11.8 Å². The molecule has 3 aromatic rings. The number of anilines is 2. The van der Waals surface area contributed by atoms with E-state index in [1.54, 1.807) is 0 Å². The van der Waals surface area contributed by atoms with E-state index in [0.717, 1.165) is 12.8 Å². The maximum atomic E-state index is 10.4. The highest BCUT2D eigenvalue weighted by atomic mass is 16.6. The quantitative estimate of drug-likeness (QED) is 0.370. The van der Waals surface area contributed by atoms with E-state index < -0.39 is 31.1 Å². The molecule has 0 unspecified atom stereocenters. The van der Waals surface area contributed by atoms with Crippen LogP contribution < -0.4 is 11.1 Å². The number of fused-ring (bicyclic) bond motifs is 2. The number of ether oxygens (including phenoxy) is 1. The molecule has 0 amide bonds. The molecule has 2 aliphatic rings. The zero-order valence-corrected chi connectivity index (χ0v) is 17.7. The molecule has 5 rings (SSSR count). The predicted octanol–water partition coefficient (Wildman–Crippen LogP) is 0.553. The highest BCUT2D eigenvalue weighted by molar-refractivity contribution is 5.83. The van der Waals surface area contributed by atoms with Crippen molar-refractivity contribution >= 4 is 22.9 Å². The standard InChI is InChI=1S/C22H28N6O4/c23-19-16-20(28(11-25-16)21-18(31)17(30)15(10-29)32-21)27-22(26-19)24-8-7-12-5-6-13-3-1-2-4-14(13)9-12/h5-6,9,11,15,17-18,21,29-31H,1-4,7-8,10H2,(H3,23,24,26,27)/t15-,17-,18-,21-/m1/s1. The highest BCUT2D eigenvalue weighted by Crippen LogP contribution is 2.32. The number of hydrogen-bond acceptors (Lipinski definition) is 9. The second-order valence-corrected chi connectivity index (χ2v) is 8.47. The number of benzene rings is 1. The Morgan fingerprint density at radius 3 is 2.72 bits per heavy atom. The zero-order chi connectivity index (χ0) is 22.2. The monoisotopic (exact) mass is 440 g/mol. The SMILES string of the molecule is Nc1nc(NCCc2ccc3c(c2)CCCC3)nc2c1ncn2[C@@H]1O[C@H](CO)[C@@H](O)[C@H]1O. The van der Waals surface area contributed by atoms with Crippen LogP contribution in [-0.4, -0.2) is 66.3 Å². The van der Waals surface area contributed by atoms with Gasteiger partial charge < -0.3 is 31.1 Å². The average molecular weight is 441 g/mol. The summed E-state index contributed by atoms with van der Waals surface area (Å²) in [5, 5.41) is 33.0. The molecule has 1 saturated heterocycles. The number of aliphatic hydroxyl groups excluding tert-OH is 3. The van der Waals surface area contributed by atoms with Gasteiger partial charge in [0.05, 0.1) is 12.9 Å². The molecule has 1 aromatic carbocycles. The molecule has 10 nitrogen and oxygen atoms in total. The molecule has 2 aromatic heterocycles. The van der Waals surface area contributed by atoms with E-state index in [9.17, 15) is 15.3 Å². The molecule has 4 atom stereocenters. The summed E-state index contributed by atoms with van der Waals surface area (Å²) >= 11 is 0. The van der Waals surface area contributed by atoms with Gasteiger partial charge in [-0.2, -0.15) is 9.97 Å². The van der Waals surface area contributed by atoms with Crippen molar-refractivity contribution in [3.05, 3.63) is 41.2 Å². The Balaban J connectivity index is 1.32. The largest absolute Gasteiger partial charge is 0.394 e. The van der Waals surface area contributed by atoms with E-state index >= 15 is 0 Å². The molecule has 0 radical (unpaired) electrons. The Labute approximate surface area is 185 Å². The fraction of sp³-hybridized carbons (Fsp3) is 0.500. The summed E-state index contributed by atoms with van der Waals surface area (Å²) in [6, 6.07) is 6.72. The Hall–Kier alpha value is -2.79. The van der Waals surface area contributed by atoms with Gasteiger partial charge in [-0.1, -0.05) is 18.2 Å². The number of aliphatic hydroxyl groups is 3. The van der Waals surface area contributed by atoms with Crippen LogP contribution in [0.5, 0.6) is 0 Å². The summed E-state index contributed by atoms with van der Waals surface area (Å²) in [7, 11) is 0. The summed E-state index contributed by atoms with van der Waals surface area (Å²) in [6.07, 6.45) is 2.83. The van der Waals surface area contributed by atoms with Gasteiger partial charge in [0.25, 0.3) is 0 Å². The summed E-state index contributed by atoms with van der Waals surface area (Å²) in [4.78, 5) is 13.0. The molecule has 1 aliphatic carbocycles. The number of imidazole rings is 1. The van der Waals surface area contributed by atoms with Crippen LogP contribution in [0.25, 0.3) is 11.2 Å². The number of hydrogen-bond donors (Lipinski definition) is 5. The van der Waals surface area contributed by atoms with Crippen LogP contribution in [0.15, 0.2) is 24.5 Å². The van der Waals surface area contributed by atoms with Crippen molar-refractivity contribution in [1.82, 2.24) is 19.5 Å². The van der Waals surface area contributed by atoms with Crippen molar-refractivity contribution in [1.29, 1.82) is 0 Å². The number of nitrogens with two attached hydrogens (primary N) is 1. The second kappa shape index (κ2) is 8.62. The third-order valence-corrected chi connectivity index (χ3v) is 6.35. The van der Waals surface area contributed by atoms with Crippen LogP contribution >= 0.6 is 0 Å². The topological polar surface area (TPSA) is 152 Å². The Kier molecular flexibility index (Phi) is 5.68. The van der Waals surface area contributed by atoms with E-state index in [1.807, 2.05) is 0 Å². The lowest BCUT2D eigenvalue weighted by Gasteiger charge is -2.17. The van der Waals surface area contributed by atoms with Crippen LogP contribution in [0.3, 0.4) is 0 Å². The third kappa shape index (κ3) is 3.79. The smallest absolute Gasteiger partial charge is 0.226 e. The fourth-order valence-electron chi connectivity index (χ4n) is 4.57. The number of aryl methyl sites for hydroxylation is 2. The average Bonchev–Trinajstić information content (AvgIpc) is 3.35. The van der Waals surface area contributed by atoms with Crippen molar-refractivity contribution in [2.45, 2.75) is 56.6 Å². The number of nitrogen functional groups attached to an aromatic ring is 1. The Morgan fingerprint density at radius 2 is 1.94 bits per heavy atom. The lowest BCUT2D eigenvalue weighted by molar-refractivity contribution is -0.0511. The first kappa shape index (κ1) is 21.1. The minimum absolute atomic E-state index is 0.205. The van der Waals surface area contributed by atoms with Gasteiger partial charge in [-0.25, -0.2) is 4.98 Å². The fourth-order valence-corrected chi connectivity index (χ4v) is 4.57. The van der Waals surface area contributed by atoms with Crippen LogP contribution in [-0.2, 0) is 24.0 Å². The zero-order valence-electron chi connectivity index (χ0n) is 17.7. The van der Waals surface area contributed by atoms with Crippen molar-refractivity contribution in [2.75, 3.05) is 24.2 Å². The molecule has 1 aliphatic heterocycles. The van der Waals surface area contributed by atoms with Gasteiger partial charge in [0.1, 0.15) is 23.8 Å². The van der Waals surface area contributed by atoms with Crippen molar-refractivity contribution in [2.24, 2.45) is 0 Å². The van der Waals surface area contributed by atoms with E-state index in [4.69, 9.17) is 10.5 Å². The summed E-state index contributed by atoms with van der Waals surface area (Å²) in [5.74, 6) is 0.554. The van der Waals surface area contributed by atoms with Crippen LogP contribution in [0.2, 0.25) is 0 Å². The molecule has 170 valence electrons. The van der Waals surface area contributed by atoms with Crippen molar-refractivity contribution in [3.8, 4) is 0 Å². The number of nitrogens with one attached hydrogen (secondary N) is 1. The molecule has 0 spiro atoms. The lowest BCUT2D eigenvalue weighted by Crippen LogP contribution is -2.33. The predicted molar refractivity (Wildman–Crippen MR) is 118 cm³/mol.